The number of benzene rings is 1. The maximum atomic E-state index is 12.1. The molecule has 2 rings (SSSR count). The summed E-state index contributed by atoms with van der Waals surface area (Å²) in [6, 6.07) is 6.94. The first-order valence-corrected chi connectivity index (χ1v) is 7.56. The van der Waals surface area contributed by atoms with Crippen LogP contribution in [0.3, 0.4) is 0 Å². The van der Waals surface area contributed by atoms with Crippen LogP contribution in [0, 0.1) is 6.92 Å². The highest BCUT2D eigenvalue weighted by Crippen LogP contribution is 2.22. The van der Waals surface area contributed by atoms with E-state index in [1.54, 1.807) is 36.7 Å². The zero-order valence-corrected chi connectivity index (χ0v) is 13.4. The van der Waals surface area contributed by atoms with E-state index in [-0.39, 0.29) is 11.8 Å². The minimum atomic E-state index is -0.164. The first-order chi connectivity index (χ1) is 9.51. The lowest BCUT2D eigenvalue weighted by Gasteiger charge is -2.09. The molecule has 1 aromatic heterocycles. The Hall–Kier alpha value is -1.66. The lowest BCUT2D eigenvalue weighted by Crippen LogP contribution is -2.18. The summed E-state index contributed by atoms with van der Waals surface area (Å²) in [5.41, 5.74) is 2.72. The van der Waals surface area contributed by atoms with Gasteiger partial charge in [0.2, 0.25) is 0 Å². The number of halogens is 1. The van der Waals surface area contributed by atoms with E-state index >= 15 is 0 Å². The Labute approximate surface area is 129 Å². The number of nitrogens with one attached hydrogen (secondary N) is 2. The van der Waals surface area contributed by atoms with Crippen molar-refractivity contribution < 1.29 is 9.59 Å². The van der Waals surface area contributed by atoms with E-state index in [1.807, 2.05) is 6.92 Å². The molecular formula is C14H13BrN2O2S. The van der Waals surface area contributed by atoms with Crippen molar-refractivity contribution in [3.8, 4) is 0 Å². The zero-order valence-electron chi connectivity index (χ0n) is 11.0. The number of carbonyl (C=O) groups excluding carboxylic acids is 2. The minimum absolute atomic E-state index is 0.146. The van der Waals surface area contributed by atoms with Gasteiger partial charge < -0.3 is 10.6 Å². The van der Waals surface area contributed by atoms with Crippen molar-refractivity contribution >= 4 is 44.8 Å². The van der Waals surface area contributed by atoms with Crippen LogP contribution in [-0.2, 0) is 0 Å². The van der Waals surface area contributed by atoms with Crippen LogP contribution in [0.5, 0.6) is 0 Å². The number of hydrogen-bond donors (Lipinski definition) is 2. The molecule has 0 fully saturated rings. The summed E-state index contributed by atoms with van der Waals surface area (Å²) in [5.74, 6) is -0.310. The Morgan fingerprint density at radius 2 is 1.90 bits per heavy atom. The van der Waals surface area contributed by atoms with E-state index < -0.39 is 0 Å². The number of anilines is 1. The Bertz CT molecular complexity index is 667. The average molecular weight is 353 g/mol. The highest BCUT2D eigenvalue weighted by Gasteiger charge is 2.11. The molecule has 0 saturated heterocycles. The molecule has 2 aromatic rings. The van der Waals surface area contributed by atoms with E-state index in [2.05, 4.69) is 26.6 Å². The lowest BCUT2D eigenvalue weighted by molar-refractivity contribution is 0.0962. The molecule has 0 radical (unpaired) electrons. The third-order valence-corrected chi connectivity index (χ3v) is 4.30. The van der Waals surface area contributed by atoms with Crippen molar-refractivity contribution in [2.24, 2.45) is 0 Å². The van der Waals surface area contributed by atoms with Crippen molar-refractivity contribution in [1.29, 1.82) is 0 Å². The Morgan fingerprint density at radius 1 is 1.15 bits per heavy atom. The summed E-state index contributed by atoms with van der Waals surface area (Å²) < 4.78 is 0.911. The van der Waals surface area contributed by atoms with Crippen LogP contribution in [0.2, 0.25) is 0 Å². The fourth-order valence-corrected chi connectivity index (χ4v) is 2.85. The average Bonchev–Trinajstić information content (AvgIpc) is 2.86. The molecule has 1 heterocycles. The molecular weight excluding hydrogens is 340 g/mol. The molecule has 6 heteroatoms. The van der Waals surface area contributed by atoms with Gasteiger partial charge in [0, 0.05) is 23.7 Å². The van der Waals surface area contributed by atoms with Gasteiger partial charge in [0.05, 0.1) is 9.35 Å². The van der Waals surface area contributed by atoms with Gasteiger partial charge in [-0.05, 0) is 52.7 Å². The maximum Gasteiger partial charge on any atom is 0.256 e. The van der Waals surface area contributed by atoms with Crippen LogP contribution in [-0.4, -0.2) is 18.9 Å². The summed E-state index contributed by atoms with van der Waals surface area (Å²) >= 11 is 4.79. The number of aryl methyl sites for hydroxylation is 1. The summed E-state index contributed by atoms with van der Waals surface area (Å²) in [4.78, 5) is 23.6. The van der Waals surface area contributed by atoms with E-state index in [1.165, 1.54) is 11.3 Å². The van der Waals surface area contributed by atoms with Gasteiger partial charge in [-0.3, -0.25) is 9.59 Å². The largest absolute Gasteiger partial charge is 0.355 e. The lowest BCUT2D eigenvalue weighted by atomic mass is 10.1. The van der Waals surface area contributed by atoms with Crippen LogP contribution in [0.15, 0.2) is 33.4 Å². The first-order valence-electron chi connectivity index (χ1n) is 5.89. The maximum absolute atomic E-state index is 12.1. The summed E-state index contributed by atoms with van der Waals surface area (Å²) in [7, 11) is 1.59. The van der Waals surface area contributed by atoms with Crippen LogP contribution < -0.4 is 10.6 Å². The predicted molar refractivity (Wildman–Crippen MR) is 84.5 cm³/mol. The number of rotatable bonds is 3. The van der Waals surface area contributed by atoms with Crippen LogP contribution in [0.1, 0.15) is 26.3 Å². The van der Waals surface area contributed by atoms with E-state index in [0.29, 0.717) is 16.8 Å². The monoisotopic (exact) mass is 352 g/mol. The van der Waals surface area contributed by atoms with E-state index in [9.17, 15) is 9.59 Å². The minimum Gasteiger partial charge on any atom is -0.355 e. The molecule has 0 atom stereocenters. The summed E-state index contributed by atoms with van der Waals surface area (Å²) in [6.45, 7) is 1.85. The quantitative estimate of drug-likeness (QED) is 0.888. The predicted octanol–water partition coefficient (Wildman–Crippen LogP) is 3.43. The van der Waals surface area contributed by atoms with Gasteiger partial charge in [0.1, 0.15) is 0 Å². The molecule has 0 aliphatic rings. The molecule has 0 spiro atoms. The fraction of sp³-hybridized carbons (Fsp3) is 0.143. The Morgan fingerprint density at radius 3 is 2.45 bits per heavy atom. The first kappa shape index (κ1) is 14.7. The van der Waals surface area contributed by atoms with Gasteiger partial charge in [-0.2, -0.15) is 0 Å². The van der Waals surface area contributed by atoms with Gasteiger partial charge in [0.15, 0.2) is 0 Å². The van der Waals surface area contributed by atoms with Gasteiger partial charge in [0.25, 0.3) is 11.8 Å². The topological polar surface area (TPSA) is 58.2 Å². The van der Waals surface area contributed by atoms with Crippen LogP contribution >= 0.6 is 27.3 Å². The Kier molecular flexibility index (Phi) is 4.57. The van der Waals surface area contributed by atoms with Gasteiger partial charge >= 0.3 is 0 Å². The van der Waals surface area contributed by atoms with Crippen molar-refractivity contribution in [2.75, 3.05) is 12.4 Å². The molecule has 0 bridgehead atoms. The molecule has 2 amide bonds. The third kappa shape index (κ3) is 3.26. The highest BCUT2D eigenvalue weighted by molar-refractivity contribution is 9.11. The molecule has 0 unspecified atom stereocenters. The Balaban J connectivity index is 2.18. The van der Waals surface area contributed by atoms with Crippen molar-refractivity contribution in [3.05, 3.63) is 50.1 Å². The number of amides is 2. The van der Waals surface area contributed by atoms with Gasteiger partial charge in [-0.25, -0.2) is 0 Å². The zero-order chi connectivity index (χ0) is 14.7. The second-order valence-electron chi connectivity index (χ2n) is 4.20. The standard InChI is InChI=1S/C14H13BrN2O2S/c1-8-5-9(13(18)16-2)3-4-11(8)17-14(19)10-6-12(15)20-7-10/h3-7H,1-2H3,(H,16,18)(H,17,19). The molecule has 1 aromatic carbocycles. The van der Waals surface area contributed by atoms with Crippen molar-refractivity contribution in [1.82, 2.24) is 5.32 Å². The summed E-state index contributed by atoms with van der Waals surface area (Å²) in [6.07, 6.45) is 0. The molecule has 0 saturated carbocycles. The van der Waals surface area contributed by atoms with Gasteiger partial charge in [-0.15, -0.1) is 11.3 Å². The molecule has 104 valence electrons. The normalized spacial score (nSPS) is 10.2. The summed E-state index contributed by atoms with van der Waals surface area (Å²) in [5, 5.41) is 7.19. The van der Waals surface area contributed by atoms with Crippen molar-refractivity contribution in [3.63, 3.8) is 0 Å². The SMILES string of the molecule is CNC(=O)c1ccc(NC(=O)c2csc(Br)c2)c(C)c1. The van der Waals surface area contributed by atoms with Crippen LogP contribution in [0.25, 0.3) is 0 Å². The van der Waals surface area contributed by atoms with Gasteiger partial charge in [-0.1, -0.05) is 0 Å². The highest BCUT2D eigenvalue weighted by atomic mass is 79.9. The molecule has 20 heavy (non-hydrogen) atoms. The molecule has 4 nitrogen and oxygen atoms in total. The van der Waals surface area contributed by atoms with Crippen molar-refractivity contribution in [2.45, 2.75) is 6.92 Å². The molecule has 2 N–H and O–H groups in total. The third-order valence-electron chi connectivity index (χ3n) is 2.79. The smallest absolute Gasteiger partial charge is 0.256 e. The number of thiophene rings is 1. The van der Waals surface area contributed by atoms with E-state index in [4.69, 9.17) is 0 Å². The number of hydrogen-bond acceptors (Lipinski definition) is 3. The van der Waals surface area contributed by atoms with Crippen LogP contribution in [0.4, 0.5) is 5.69 Å². The fourth-order valence-electron chi connectivity index (χ4n) is 1.71. The van der Waals surface area contributed by atoms with E-state index in [0.717, 1.165) is 9.35 Å². The number of carbonyl (C=O) groups is 2. The molecule has 0 aliphatic carbocycles. The second kappa shape index (κ2) is 6.19. The molecule has 0 aliphatic heterocycles. The second-order valence-corrected chi connectivity index (χ2v) is 6.49.